The van der Waals surface area contributed by atoms with E-state index in [1.165, 1.54) is 44.1 Å². The van der Waals surface area contributed by atoms with E-state index in [1.807, 2.05) is 18.2 Å². The van der Waals surface area contributed by atoms with Gasteiger partial charge in [0.05, 0.1) is 14.2 Å². The molecule has 0 radical (unpaired) electrons. The van der Waals surface area contributed by atoms with Crippen LogP contribution in [0.1, 0.15) is 44.1 Å². The molecule has 25 heavy (non-hydrogen) atoms. The first kappa shape index (κ1) is 17.9. The number of nitrogens with zero attached hydrogens (tertiary/aromatic N) is 1. The first-order valence-corrected chi connectivity index (χ1v) is 9.48. The molecular formula is C20H31N3O2. The van der Waals surface area contributed by atoms with Crippen LogP contribution < -0.4 is 20.5 Å². The van der Waals surface area contributed by atoms with E-state index >= 15 is 0 Å². The van der Waals surface area contributed by atoms with Crippen LogP contribution in [0.25, 0.3) is 0 Å². The number of methoxy groups -OCH3 is 2. The zero-order chi connectivity index (χ0) is 17.6. The molecule has 0 heterocycles. The zero-order valence-electron chi connectivity index (χ0n) is 15.5. The highest BCUT2D eigenvalue weighted by atomic mass is 16.5. The van der Waals surface area contributed by atoms with E-state index in [0.29, 0.717) is 18.5 Å². The minimum Gasteiger partial charge on any atom is -0.493 e. The molecular weight excluding hydrogens is 314 g/mol. The van der Waals surface area contributed by atoms with Crippen molar-refractivity contribution in [3.8, 4) is 11.5 Å². The summed E-state index contributed by atoms with van der Waals surface area (Å²) in [5.74, 6) is 3.82. The highest BCUT2D eigenvalue weighted by Gasteiger charge is 2.43. The Labute approximate surface area is 151 Å². The van der Waals surface area contributed by atoms with E-state index in [4.69, 9.17) is 15.2 Å². The van der Waals surface area contributed by atoms with Gasteiger partial charge < -0.3 is 20.5 Å². The van der Waals surface area contributed by atoms with Gasteiger partial charge in [-0.1, -0.05) is 38.2 Å². The van der Waals surface area contributed by atoms with Crippen LogP contribution in [0.15, 0.2) is 23.2 Å². The molecule has 2 fully saturated rings. The standard InChI is InChI=1S/C20H31N3O2/c1-24-18-9-8-14(12-19(18)25-2)10-11-22-20(21)23-17-13-16(17)15-6-4-3-5-7-15/h8-9,12,15-17H,3-7,10-11,13H2,1-2H3,(H3,21,22,23). The lowest BCUT2D eigenvalue weighted by atomic mass is 9.85. The van der Waals surface area contributed by atoms with E-state index in [0.717, 1.165) is 29.8 Å². The van der Waals surface area contributed by atoms with Gasteiger partial charge in [0.25, 0.3) is 0 Å². The van der Waals surface area contributed by atoms with Gasteiger partial charge >= 0.3 is 0 Å². The number of ether oxygens (including phenoxy) is 2. The SMILES string of the molecule is COc1ccc(CCN=C(N)NC2CC2C2CCCCC2)cc1OC. The van der Waals surface area contributed by atoms with Gasteiger partial charge in [-0.05, 0) is 42.4 Å². The molecule has 0 aliphatic heterocycles. The van der Waals surface area contributed by atoms with Crippen molar-refractivity contribution in [3.05, 3.63) is 23.8 Å². The molecule has 2 aliphatic rings. The Morgan fingerprint density at radius 3 is 2.64 bits per heavy atom. The second-order valence-corrected chi connectivity index (χ2v) is 7.25. The Bertz CT molecular complexity index is 597. The van der Waals surface area contributed by atoms with Crippen molar-refractivity contribution in [1.82, 2.24) is 5.32 Å². The molecule has 0 aromatic heterocycles. The fourth-order valence-corrected chi connectivity index (χ4v) is 4.04. The number of rotatable bonds is 7. The molecule has 0 bridgehead atoms. The minimum absolute atomic E-state index is 0.549. The molecule has 138 valence electrons. The average Bonchev–Trinajstić information content (AvgIpc) is 3.41. The third-order valence-electron chi connectivity index (χ3n) is 5.56. The van der Waals surface area contributed by atoms with Crippen LogP contribution in [0.2, 0.25) is 0 Å². The Balaban J connectivity index is 1.43. The third kappa shape index (κ3) is 4.80. The van der Waals surface area contributed by atoms with Crippen molar-refractivity contribution >= 4 is 5.96 Å². The molecule has 2 unspecified atom stereocenters. The molecule has 3 N–H and O–H groups in total. The second-order valence-electron chi connectivity index (χ2n) is 7.25. The molecule has 1 aromatic carbocycles. The maximum Gasteiger partial charge on any atom is 0.188 e. The summed E-state index contributed by atoms with van der Waals surface area (Å²) in [6.07, 6.45) is 9.13. The molecule has 3 rings (SSSR count). The first-order valence-electron chi connectivity index (χ1n) is 9.48. The maximum atomic E-state index is 6.07. The molecule has 0 spiro atoms. The number of hydrogen-bond donors (Lipinski definition) is 2. The highest BCUT2D eigenvalue weighted by molar-refractivity contribution is 5.78. The van der Waals surface area contributed by atoms with Gasteiger partial charge in [0.15, 0.2) is 17.5 Å². The summed E-state index contributed by atoms with van der Waals surface area (Å²) in [4.78, 5) is 4.49. The van der Waals surface area contributed by atoms with Crippen molar-refractivity contribution in [1.29, 1.82) is 0 Å². The predicted molar refractivity (Wildman–Crippen MR) is 101 cm³/mol. The van der Waals surface area contributed by atoms with Crippen LogP contribution in [0.4, 0.5) is 0 Å². The third-order valence-corrected chi connectivity index (χ3v) is 5.56. The molecule has 1 aromatic rings. The predicted octanol–water partition coefficient (Wildman–Crippen LogP) is 3.12. The monoisotopic (exact) mass is 345 g/mol. The summed E-state index contributed by atoms with van der Waals surface area (Å²) in [7, 11) is 3.30. The fourth-order valence-electron chi connectivity index (χ4n) is 4.04. The number of hydrogen-bond acceptors (Lipinski definition) is 3. The van der Waals surface area contributed by atoms with Gasteiger partial charge in [-0.2, -0.15) is 0 Å². The molecule has 0 saturated heterocycles. The normalized spacial score (nSPS) is 24.0. The van der Waals surface area contributed by atoms with Crippen molar-refractivity contribution in [2.75, 3.05) is 20.8 Å². The van der Waals surface area contributed by atoms with E-state index in [-0.39, 0.29) is 0 Å². The van der Waals surface area contributed by atoms with Crippen LogP contribution >= 0.6 is 0 Å². The number of benzene rings is 1. The van der Waals surface area contributed by atoms with Crippen LogP contribution in [0, 0.1) is 11.8 Å². The van der Waals surface area contributed by atoms with Crippen molar-refractivity contribution < 1.29 is 9.47 Å². The smallest absolute Gasteiger partial charge is 0.188 e. The van der Waals surface area contributed by atoms with Crippen LogP contribution in [0.3, 0.4) is 0 Å². The molecule has 2 saturated carbocycles. The number of guanidine groups is 1. The van der Waals surface area contributed by atoms with E-state index in [2.05, 4.69) is 10.3 Å². The zero-order valence-corrected chi connectivity index (χ0v) is 15.5. The Hall–Kier alpha value is -1.91. The topological polar surface area (TPSA) is 68.9 Å². The van der Waals surface area contributed by atoms with Crippen LogP contribution in [-0.2, 0) is 6.42 Å². The van der Waals surface area contributed by atoms with Gasteiger partial charge in [-0.3, -0.25) is 4.99 Å². The van der Waals surface area contributed by atoms with Crippen molar-refractivity contribution in [3.63, 3.8) is 0 Å². The summed E-state index contributed by atoms with van der Waals surface area (Å²) < 4.78 is 10.6. The maximum absolute atomic E-state index is 6.07. The largest absolute Gasteiger partial charge is 0.493 e. The molecule has 0 amide bonds. The summed E-state index contributed by atoms with van der Waals surface area (Å²) in [6, 6.07) is 6.52. The molecule has 2 aliphatic carbocycles. The van der Waals surface area contributed by atoms with Crippen molar-refractivity contribution in [2.45, 2.75) is 51.0 Å². The molecule has 2 atom stereocenters. The number of nitrogens with one attached hydrogen (secondary N) is 1. The lowest BCUT2D eigenvalue weighted by Crippen LogP contribution is -2.35. The summed E-state index contributed by atoms with van der Waals surface area (Å²) >= 11 is 0. The Kier molecular flexibility index (Phi) is 6.05. The van der Waals surface area contributed by atoms with Crippen LogP contribution in [-0.4, -0.2) is 32.8 Å². The van der Waals surface area contributed by atoms with Crippen LogP contribution in [0.5, 0.6) is 11.5 Å². The Morgan fingerprint density at radius 2 is 1.92 bits per heavy atom. The highest BCUT2D eigenvalue weighted by Crippen LogP contribution is 2.44. The average molecular weight is 345 g/mol. The lowest BCUT2D eigenvalue weighted by Gasteiger charge is -2.21. The van der Waals surface area contributed by atoms with Gasteiger partial charge in [-0.15, -0.1) is 0 Å². The summed E-state index contributed by atoms with van der Waals surface area (Å²) in [5, 5.41) is 3.41. The van der Waals surface area contributed by atoms with Gasteiger partial charge in [0.2, 0.25) is 0 Å². The molecule has 5 heteroatoms. The number of aliphatic imine (C=N–C) groups is 1. The van der Waals surface area contributed by atoms with E-state index < -0.39 is 0 Å². The first-order chi connectivity index (χ1) is 12.2. The minimum atomic E-state index is 0.549. The van der Waals surface area contributed by atoms with Crippen molar-refractivity contribution in [2.24, 2.45) is 22.6 Å². The van der Waals surface area contributed by atoms with Gasteiger partial charge in [0, 0.05) is 12.6 Å². The van der Waals surface area contributed by atoms with E-state index in [9.17, 15) is 0 Å². The summed E-state index contributed by atoms with van der Waals surface area (Å²) in [6.45, 7) is 0.676. The second kappa shape index (κ2) is 8.45. The number of nitrogens with two attached hydrogens (primary N) is 1. The Morgan fingerprint density at radius 1 is 1.16 bits per heavy atom. The quantitative estimate of drug-likeness (QED) is 0.588. The summed E-state index contributed by atoms with van der Waals surface area (Å²) in [5.41, 5.74) is 7.23. The van der Waals surface area contributed by atoms with E-state index in [1.54, 1.807) is 14.2 Å². The lowest BCUT2D eigenvalue weighted by molar-refractivity contribution is 0.316. The fraction of sp³-hybridized carbons (Fsp3) is 0.650. The molecule has 5 nitrogen and oxygen atoms in total. The van der Waals surface area contributed by atoms with Gasteiger partial charge in [-0.25, -0.2) is 0 Å². The van der Waals surface area contributed by atoms with Gasteiger partial charge in [0.1, 0.15) is 0 Å².